The van der Waals surface area contributed by atoms with Crippen molar-refractivity contribution in [2.24, 2.45) is 0 Å². The maximum Gasteiger partial charge on any atom is 0.226 e. The van der Waals surface area contributed by atoms with Gasteiger partial charge >= 0.3 is 0 Å². The molecule has 2 saturated heterocycles. The van der Waals surface area contributed by atoms with E-state index < -0.39 is 0 Å². The van der Waals surface area contributed by atoms with Crippen LogP contribution in [-0.4, -0.2) is 75.4 Å². The lowest BCUT2D eigenvalue weighted by atomic mass is 9.93. The van der Waals surface area contributed by atoms with Gasteiger partial charge in [-0.1, -0.05) is 38.1 Å². The Morgan fingerprint density at radius 1 is 1.00 bits per heavy atom. The number of benzene rings is 1. The molecule has 2 aliphatic rings. The standard InChI is InChI=1S/C30H39N9O2/c1-20-5-6-21(17-31-26-16-25(41-37-26)30(2,3)4)15-23(20)35-28-27-24(33-19-34-28)18-32-29(36-27)39-9-7-22(8-10-39)38-11-13-40-14-12-38/h5-6,15-16,18-19,22H,7-14,17H2,1-4H3,(H,31,37)(H,33,34,35). The number of nitrogens with zero attached hydrogens (tertiary/aromatic N) is 7. The Hall–Kier alpha value is -3.83. The molecule has 5 heterocycles. The molecule has 216 valence electrons. The van der Waals surface area contributed by atoms with E-state index in [-0.39, 0.29) is 5.41 Å². The average molecular weight is 558 g/mol. The first-order chi connectivity index (χ1) is 19.8. The Morgan fingerprint density at radius 2 is 1.80 bits per heavy atom. The molecule has 1 aromatic carbocycles. The third-order valence-corrected chi connectivity index (χ3v) is 7.95. The van der Waals surface area contributed by atoms with Crippen molar-refractivity contribution in [3.63, 3.8) is 0 Å². The largest absolute Gasteiger partial charge is 0.379 e. The second kappa shape index (κ2) is 11.6. The Labute approximate surface area is 240 Å². The highest BCUT2D eigenvalue weighted by Gasteiger charge is 2.27. The molecule has 0 bridgehead atoms. The lowest BCUT2D eigenvalue weighted by Gasteiger charge is -2.40. The number of hydrogen-bond acceptors (Lipinski definition) is 11. The van der Waals surface area contributed by atoms with E-state index in [1.165, 1.54) is 0 Å². The topological polar surface area (TPSA) is 117 Å². The molecule has 4 aromatic rings. The van der Waals surface area contributed by atoms with Crippen molar-refractivity contribution in [1.82, 2.24) is 30.0 Å². The molecule has 0 amide bonds. The summed E-state index contributed by atoms with van der Waals surface area (Å²) in [6, 6.07) is 8.90. The normalized spacial score (nSPS) is 17.2. The second-order valence-corrected chi connectivity index (χ2v) is 11.9. The van der Waals surface area contributed by atoms with Gasteiger partial charge in [0.2, 0.25) is 5.95 Å². The molecule has 41 heavy (non-hydrogen) atoms. The van der Waals surface area contributed by atoms with Gasteiger partial charge in [-0.05, 0) is 37.0 Å². The molecule has 3 aromatic heterocycles. The summed E-state index contributed by atoms with van der Waals surface area (Å²) >= 11 is 0. The SMILES string of the molecule is Cc1ccc(CNc2cc(C(C)(C)C)on2)cc1Nc1ncnc2cnc(N3CCC(N4CCOCC4)CC3)nc12. The van der Waals surface area contributed by atoms with Gasteiger partial charge in [0.1, 0.15) is 23.1 Å². The molecule has 2 fully saturated rings. The summed E-state index contributed by atoms with van der Waals surface area (Å²) in [5.74, 6) is 2.98. The monoisotopic (exact) mass is 557 g/mol. The van der Waals surface area contributed by atoms with Gasteiger partial charge < -0.3 is 24.8 Å². The minimum absolute atomic E-state index is 0.0864. The Kier molecular flexibility index (Phi) is 7.72. The predicted octanol–water partition coefficient (Wildman–Crippen LogP) is 4.67. The number of aromatic nitrogens is 5. The predicted molar refractivity (Wildman–Crippen MR) is 160 cm³/mol. The van der Waals surface area contributed by atoms with Gasteiger partial charge in [0.15, 0.2) is 11.6 Å². The number of fused-ring (bicyclic) bond motifs is 1. The number of ether oxygens (including phenoxy) is 1. The van der Waals surface area contributed by atoms with Gasteiger partial charge in [-0.25, -0.2) is 19.9 Å². The smallest absolute Gasteiger partial charge is 0.226 e. The summed E-state index contributed by atoms with van der Waals surface area (Å²) < 4.78 is 11.0. The first-order valence-corrected chi connectivity index (χ1v) is 14.5. The van der Waals surface area contributed by atoms with E-state index in [2.05, 4.69) is 86.4 Å². The van der Waals surface area contributed by atoms with Crippen LogP contribution in [-0.2, 0) is 16.7 Å². The molecule has 11 heteroatoms. The van der Waals surface area contributed by atoms with Crippen LogP contribution in [0, 0.1) is 6.92 Å². The zero-order valence-corrected chi connectivity index (χ0v) is 24.4. The van der Waals surface area contributed by atoms with Crippen molar-refractivity contribution in [3.05, 3.63) is 53.7 Å². The Morgan fingerprint density at radius 3 is 2.56 bits per heavy atom. The molecule has 0 atom stereocenters. The fourth-order valence-corrected chi connectivity index (χ4v) is 5.41. The van der Waals surface area contributed by atoms with Crippen molar-refractivity contribution >= 4 is 34.3 Å². The van der Waals surface area contributed by atoms with E-state index in [0.717, 1.165) is 86.6 Å². The summed E-state index contributed by atoms with van der Waals surface area (Å²) in [6.45, 7) is 14.6. The number of piperidine rings is 1. The first kappa shape index (κ1) is 27.3. The van der Waals surface area contributed by atoms with Crippen molar-refractivity contribution < 1.29 is 9.26 Å². The molecule has 11 nitrogen and oxygen atoms in total. The lowest BCUT2D eigenvalue weighted by molar-refractivity contribution is 0.0114. The molecule has 0 saturated carbocycles. The molecule has 2 N–H and O–H groups in total. The first-order valence-electron chi connectivity index (χ1n) is 14.5. The molecule has 0 aliphatic carbocycles. The van der Waals surface area contributed by atoms with Crippen LogP contribution in [0.1, 0.15) is 50.5 Å². The van der Waals surface area contributed by atoms with Crippen LogP contribution in [0.4, 0.5) is 23.3 Å². The fraction of sp³-hybridized carbons (Fsp3) is 0.500. The zero-order valence-electron chi connectivity index (χ0n) is 24.4. The van der Waals surface area contributed by atoms with Crippen molar-refractivity contribution in [1.29, 1.82) is 0 Å². The summed E-state index contributed by atoms with van der Waals surface area (Å²) in [5.41, 5.74) is 4.52. The van der Waals surface area contributed by atoms with Gasteiger partial charge in [0.05, 0.1) is 19.4 Å². The zero-order chi connectivity index (χ0) is 28.4. The molecule has 0 spiro atoms. The van der Waals surface area contributed by atoms with Crippen LogP contribution in [0.2, 0.25) is 0 Å². The lowest BCUT2D eigenvalue weighted by Crippen LogP contribution is -2.49. The van der Waals surface area contributed by atoms with Crippen LogP contribution >= 0.6 is 0 Å². The highest BCUT2D eigenvalue weighted by Crippen LogP contribution is 2.28. The van der Waals surface area contributed by atoms with Gasteiger partial charge in [-0.2, -0.15) is 0 Å². The summed E-state index contributed by atoms with van der Waals surface area (Å²) in [7, 11) is 0. The quantitative estimate of drug-likeness (QED) is 0.330. The second-order valence-electron chi connectivity index (χ2n) is 11.9. The molecular weight excluding hydrogens is 518 g/mol. The minimum Gasteiger partial charge on any atom is -0.379 e. The van der Waals surface area contributed by atoms with Crippen molar-refractivity contribution in [2.75, 3.05) is 54.9 Å². The summed E-state index contributed by atoms with van der Waals surface area (Å²) in [5, 5.41) is 11.1. The maximum atomic E-state index is 5.53. The number of anilines is 4. The molecule has 6 rings (SSSR count). The third kappa shape index (κ3) is 6.25. The third-order valence-electron chi connectivity index (χ3n) is 7.95. The average Bonchev–Trinajstić information content (AvgIpc) is 3.48. The molecular formula is C30H39N9O2. The van der Waals surface area contributed by atoms with Gasteiger partial charge in [0.25, 0.3) is 0 Å². The van der Waals surface area contributed by atoms with Gasteiger partial charge in [-0.3, -0.25) is 4.90 Å². The number of rotatable bonds is 7. The van der Waals surface area contributed by atoms with E-state index >= 15 is 0 Å². The van der Waals surface area contributed by atoms with Crippen LogP contribution in [0.5, 0.6) is 0 Å². The Bertz CT molecular complexity index is 1490. The van der Waals surface area contributed by atoms with E-state index in [1.54, 1.807) is 12.5 Å². The highest BCUT2D eigenvalue weighted by atomic mass is 16.5. The maximum absolute atomic E-state index is 5.53. The van der Waals surface area contributed by atoms with Crippen molar-refractivity contribution in [3.8, 4) is 0 Å². The van der Waals surface area contributed by atoms with Crippen LogP contribution in [0.25, 0.3) is 11.0 Å². The molecule has 0 unspecified atom stereocenters. The van der Waals surface area contributed by atoms with Gasteiger partial charge in [-0.15, -0.1) is 0 Å². The van der Waals surface area contributed by atoms with E-state index in [1.807, 2.05) is 6.07 Å². The summed E-state index contributed by atoms with van der Waals surface area (Å²) in [4.78, 5) is 23.4. The van der Waals surface area contributed by atoms with E-state index in [9.17, 15) is 0 Å². The number of aryl methyl sites for hydroxylation is 1. The fourth-order valence-electron chi connectivity index (χ4n) is 5.41. The number of hydrogen-bond donors (Lipinski definition) is 2. The molecule has 0 radical (unpaired) electrons. The summed E-state index contributed by atoms with van der Waals surface area (Å²) in [6.07, 6.45) is 5.56. The van der Waals surface area contributed by atoms with Crippen LogP contribution < -0.4 is 15.5 Å². The number of nitrogens with one attached hydrogen (secondary N) is 2. The van der Waals surface area contributed by atoms with E-state index in [0.29, 0.717) is 29.4 Å². The van der Waals surface area contributed by atoms with Crippen LogP contribution in [0.15, 0.2) is 41.3 Å². The minimum atomic E-state index is -0.0864. The van der Waals surface area contributed by atoms with E-state index in [4.69, 9.17) is 14.2 Å². The van der Waals surface area contributed by atoms with Gasteiger partial charge in [0, 0.05) is 55.9 Å². The number of morpholine rings is 1. The molecule has 2 aliphatic heterocycles. The Balaban J connectivity index is 1.16. The highest BCUT2D eigenvalue weighted by molar-refractivity contribution is 5.87. The van der Waals surface area contributed by atoms with Crippen molar-refractivity contribution in [2.45, 2.75) is 58.5 Å². The van der Waals surface area contributed by atoms with Crippen LogP contribution in [0.3, 0.4) is 0 Å².